The van der Waals surface area contributed by atoms with Crippen LogP contribution in [0.1, 0.15) is 5.89 Å². The fourth-order valence-electron chi connectivity index (χ4n) is 1.23. The normalized spacial score (nSPS) is 10.5. The molecule has 78 valence electrons. The van der Waals surface area contributed by atoms with Gasteiger partial charge in [-0.1, -0.05) is 17.3 Å². The minimum absolute atomic E-state index is 0.521. The molecule has 0 saturated carbocycles. The highest BCUT2D eigenvalue weighted by Crippen LogP contribution is 2.21. The lowest BCUT2D eigenvalue weighted by Gasteiger charge is -1.96. The van der Waals surface area contributed by atoms with Gasteiger partial charge in [0.2, 0.25) is 11.7 Å². The monoisotopic (exact) mass is 315 g/mol. The Labute approximate surface area is 101 Å². The fraction of sp³-hybridized carbons (Fsp3) is 0.200. The second-order valence-corrected chi connectivity index (χ2v) is 4.19. The van der Waals surface area contributed by atoms with Crippen LogP contribution in [0.15, 0.2) is 28.8 Å². The molecular weight excluding hydrogens is 305 g/mol. The van der Waals surface area contributed by atoms with Crippen LogP contribution in [-0.4, -0.2) is 16.7 Å². The summed E-state index contributed by atoms with van der Waals surface area (Å²) in [5.74, 6) is 1.22. The number of halogens is 1. The Morgan fingerprint density at radius 3 is 2.87 bits per heavy atom. The first-order valence-corrected chi connectivity index (χ1v) is 5.66. The van der Waals surface area contributed by atoms with Crippen LogP contribution in [0.5, 0.6) is 0 Å². The number of nitrogens with two attached hydrogens (primary N) is 1. The fourth-order valence-corrected chi connectivity index (χ4v) is 1.86. The van der Waals surface area contributed by atoms with Gasteiger partial charge in [-0.15, -0.1) is 0 Å². The van der Waals surface area contributed by atoms with Gasteiger partial charge in [0.25, 0.3) is 0 Å². The third-order valence-electron chi connectivity index (χ3n) is 1.94. The third kappa shape index (κ3) is 2.35. The van der Waals surface area contributed by atoms with Crippen LogP contribution >= 0.6 is 22.6 Å². The predicted octanol–water partition coefficient (Wildman–Crippen LogP) is 1.84. The van der Waals surface area contributed by atoms with Crippen molar-refractivity contribution < 1.29 is 4.52 Å². The Kier molecular flexibility index (Phi) is 3.32. The van der Waals surface area contributed by atoms with E-state index in [4.69, 9.17) is 10.3 Å². The van der Waals surface area contributed by atoms with Crippen molar-refractivity contribution >= 4 is 22.6 Å². The molecule has 0 spiro atoms. The van der Waals surface area contributed by atoms with Crippen LogP contribution in [0.3, 0.4) is 0 Å². The quantitative estimate of drug-likeness (QED) is 0.878. The van der Waals surface area contributed by atoms with Crippen molar-refractivity contribution in [1.29, 1.82) is 0 Å². The van der Waals surface area contributed by atoms with Crippen molar-refractivity contribution in [1.82, 2.24) is 10.1 Å². The molecule has 0 aliphatic heterocycles. The molecule has 1 aromatic heterocycles. The molecule has 2 aromatic rings. The first-order chi connectivity index (χ1) is 7.31. The van der Waals surface area contributed by atoms with Crippen molar-refractivity contribution in [2.45, 2.75) is 6.42 Å². The first-order valence-electron chi connectivity index (χ1n) is 4.59. The van der Waals surface area contributed by atoms with Crippen LogP contribution in [0, 0.1) is 3.57 Å². The Balaban J connectivity index is 2.33. The average Bonchev–Trinajstić information content (AvgIpc) is 2.68. The zero-order valence-corrected chi connectivity index (χ0v) is 10.1. The highest BCUT2D eigenvalue weighted by atomic mass is 127. The van der Waals surface area contributed by atoms with Gasteiger partial charge in [-0.2, -0.15) is 4.98 Å². The summed E-state index contributed by atoms with van der Waals surface area (Å²) >= 11 is 2.25. The van der Waals surface area contributed by atoms with Gasteiger partial charge < -0.3 is 10.3 Å². The van der Waals surface area contributed by atoms with E-state index in [0.717, 1.165) is 9.13 Å². The first kappa shape index (κ1) is 10.6. The zero-order valence-electron chi connectivity index (χ0n) is 7.98. The second-order valence-electron chi connectivity index (χ2n) is 3.03. The average molecular weight is 315 g/mol. The van der Waals surface area contributed by atoms with Crippen LogP contribution in [-0.2, 0) is 6.42 Å². The van der Waals surface area contributed by atoms with E-state index in [1.54, 1.807) is 0 Å². The molecular formula is C10H10IN3O. The highest BCUT2D eigenvalue weighted by molar-refractivity contribution is 14.1. The molecule has 0 unspecified atom stereocenters. The van der Waals surface area contributed by atoms with Crippen LogP contribution in [0.2, 0.25) is 0 Å². The molecule has 0 amide bonds. The molecule has 2 N–H and O–H groups in total. The van der Waals surface area contributed by atoms with E-state index in [1.165, 1.54) is 0 Å². The predicted molar refractivity (Wildman–Crippen MR) is 65.2 cm³/mol. The van der Waals surface area contributed by atoms with E-state index in [9.17, 15) is 0 Å². The van der Waals surface area contributed by atoms with Crippen molar-refractivity contribution in [3.05, 3.63) is 33.7 Å². The minimum atomic E-state index is 0.521. The summed E-state index contributed by atoms with van der Waals surface area (Å²) in [6.45, 7) is 0.521. The summed E-state index contributed by atoms with van der Waals surface area (Å²) in [5.41, 5.74) is 6.40. The molecule has 0 saturated heterocycles. The van der Waals surface area contributed by atoms with Crippen molar-refractivity contribution in [2.75, 3.05) is 6.54 Å². The van der Waals surface area contributed by atoms with Gasteiger partial charge in [0, 0.05) is 22.1 Å². The standard InChI is InChI=1S/C10H10IN3O/c11-8-4-2-1-3-7(8)10-13-9(5-6-12)15-14-10/h1-4H,5-6,12H2. The number of aromatic nitrogens is 2. The Bertz CT molecular complexity index is 455. The molecule has 0 aliphatic rings. The number of hydrogen-bond donors (Lipinski definition) is 1. The van der Waals surface area contributed by atoms with Gasteiger partial charge in [-0.3, -0.25) is 0 Å². The van der Waals surface area contributed by atoms with Crippen molar-refractivity contribution in [3.63, 3.8) is 0 Å². The van der Waals surface area contributed by atoms with Crippen LogP contribution in [0.25, 0.3) is 11.4 Å². The lowest BCUT2D eigenvalue weighted by molar-refractivity contribution is 0.380. The SMILES string of the molecule is NCCc1nc(-c2ccccc2I)no1. The molecule has 0 atom stereocenters. The number of hydrogen-bond acceptors (Lipinski definition) is 4. The molecule has 1 heterocycles. The van der Waals surface area contributed by atoms with Crippen molar-refractivity contribution in [2.24, 2.45) is 5.73 Å². The summed E-state index contributed by atoms with van der Waals surface area (Å²) in [6.07, 6.45) is 0.621. The van der Waals surface area contributed by atoms with Crippen LogP contribution < -0.4 is 5.73 Å². The second kappa shape index (κ2) is 4.71. The topological polar surface area (TPSA) is 64.9 Å². The smallest absolute Gasteiger partial charge is 0.228 e. The van der Waals surface area contributed by atoms with E-state index in [0.29, 0.717) is 24.7 Å². The van der Waals surface area contributed by atoms with Gasteiger partial charge in [-0.05, 0) is 34.7 Å². The molecule has 0 fully saturated rings. The number of rotatable bonds is 3. The lowest BCUT2D eigenvalue weighted by atomic mass is 10.2. The van der Waals surface area contributed by atoms with E-state index in [2.05, 4.69) is 32.7 Å². The van der Waals surface area contributed by atoms with Crippen molar-refractivity contribution in [3.8, 4) is 11.4 Å². The van der Waals surface area contributed by atoms with Gasteiger partial charge in [0.1, 0.15) is 0 Å². The summed E-state index contributed by atoms with van der Waals surface area (Å²) in [7, 11) is 0. The molecule has 15 heavy (non-hydrogen) atoms. The van der Waals surface area contributed by atoms with Crippen LogP contribution in [0.4, 0.5) is 0 Å². The summed E-state index contributed by atoms with van der Waals surface area (Å²) in [4.78, 5) is 4.27. The molecule has 0 radical (unpaired) electrons. The third-order valence-corrected chi connectivity index (χ3v) is 2.88. The van der Waals surface area contributed by atoms with E-state index >= 15 is 0 Å². The molecule has 5 heteroatoms. The lowest BCUT2D eigenvalue weighted by Crippen LogP contribution is -2.02. The molecule has 4 nitrogen and oxygen atoms in total. The van der Waals surface area contributed by atoms with Gasteiger partial charge in [0.15, 0.2) is 0 Å². The van der Waals surface area contributed by atoms with Gasteiger partial charge in [0.05, 0.1) is 0 Å². The molecule has 1 aromatic carbocycles. The molecule has 2 rings (SSSR count). The van der Waals surface area contributed by atoms with Gasteiger partial charge in [-0.25, -0.2) is 0 Å². The minimum Gasteiger partial charge on any atom is -0.339 e. The molecule has 0 aliphatic carbocycles. The number of benzene rings is 1. The largest absolute Gasteiger partial charge is 0.339 e. The Hall–Kier alpha value is -0.950. The molecule has 0 bridgehead atoms. The zero-order chi connectivity index (χ0) is 10.7. The summed E-state index contributed by atoms with van der Waals surface area (Å²) in [5, 5.41) is 3.92. The van der Waals surface area contributed by atoms with E-state index in [-0.39, 0.29) is 0 Å². The number of nitrogens with zero attached hydrogens (tertiary/aromatic N) is 2. The van der Waals surface area contributed by atoms with E-state index < -0.39 is 0 Å². The maximum absolute atomic E-state index is 5.41. The summed E-state index contributed by atoms with van der Waals surface area (Å²) in [6, 6.07) is 7.91. The maximum Gasteiger partial charge on any atom is 0.228 e. The van der Waals surface area contributed by atoms with E-state index in [1.807, 2.05) is 24.3 Å². The Morgan fingerprint density at radius 1 is 1.33 bits per heavy atom. The Morgan fingerprint density at radius 2 is 2.13 bits per heavy atom. The maximum atomic E-state index is 5.41. The summed E-state index contributed by atoms with van der Waals surface area (Å²) < 4.78 is 6.18. The van der Waals surface area contributed by atoms with Gasteiger partial charge >= 0.3 is 0 Å². The highest BCUT2D eigenvalue weighted by Gasteiger charge is 2.09.